The van der Waals surface area contributed by atoms with Crippen LogP contribution in [0.25, 0.3) is 27.8 Å². The SMILES string of the molecule is CC(N)c1ccc2c(c1)ncn2-c1cccc(-c2ccccc2CN2CCOCC2)c1. The van der Waals surface area contributed by atoms with E-state index in [-0.39, 0.29) is 6.04 Å². The summed E-state index contributed by atoms with van der Waals surface area (Å²) in [6.45, 7) is 6.54. The molecule has 31 heavy (non-hydrogen) atoms. The molecule has 158 valence electrons. The molecule has 0 spiro atoms. The molecule has 1 atom stereocenters. The van der Waals surface area contributed by atoms with Crippen molar-refractivity contribution in [3.63, 3.8) is 0 Å². The highest BCUT2D eigenvalue weighted by Gasteiger charge is 2.14. The lowest BCUT2D eigenvalue weighted by molar-refractivity contribution is 0.0342. The molecule has 0 bridgehead atoms. The van der Waals surface area contributed by atoms with Gasteiger partial charge in [0.25, 0.3) is 0 Å². The number of fused-ring (bicyclic) bond motifs is 1. The Balaban J connectivity index is 1.50. The summed E-state index contributed by atoms with van der Waals surface area (Å²) in [5.74, 6) is 0. The quantitative estimate of drug-likeness (QED) is 0.523. The van der Waals surface area contributed by atoms with E-state index in [9.17, 15) is 0 Å². The van der Waals surface area contributed by atoms with E-state index >= 15 is 0 Å². The molecule has 1 aliphatic heterocycles. The first-order valence-electron chi connectivity index (χ1n) is 10.9. The molecule has 5 rings (SSSR count). The third kappa shape index (κ3) is 4.12. The van der Waals surface area contributed by atoms with Crippen LogP contribution >= 0.6 is 0 Å². The predicted molar refractivity (Wildman–Crippen MR) is 125 cm³/mol. The molecule has 1 saturated heterocycles. The topological polar surface area (TPSA) is 56.3 Å². The molecule has 1 fully saturated rings. The fourth-order valence-corrected chi connectivity index (χ4v) is 4.28. The van der Waals surface area contributed by atoms with Crippen LogP contribution in [-0.2, 0) is 11.3 Å². The number of hydrogen-bond acceptors (Lipinski definition) is 4. The summed E-state index contributed by atoms with van der Waals surface area (Å²) >= 11 is 0. The Hall–Kier alpha value is -2.99. The number of nitrogens with two attached hydrogens (primary N) is 1. The van der Waals surface area contributed by atoms with E-state index in [0.29, 0.717) is 0 Å². The van der Waals surface area contributed by atoms with E-state index in [1.54, 1.807) is 0 Å². The summed E-state index contributed by atoms with van der Waals surface area (Å²) in [7, 11) is 0. The van der Waals surface area contributed by atoms with Crippen LogP contribution in [0.5, 0.6) is 0 Å². The van der Waals surface area contributed by atoms with Gasteiger partial charge >= 0.3 is 0 Å². The lowest BCUT2D eigenvalue weighted by Gasteiger charge is -2.27. The number of nitrogens with zero attached hydrogens (tertiary/aromatic N) is 3. The maximum atomic E-state index is 6.04. The van der Waals surface area contributed by atoms with Gasteiger partial charge in [-0.1, -0.05) is 42.5 Å². The van der Waals surface area contributed by atoms with Crippen LogP contribution in [0.15, 0.2) is 73.1 Å². The maximum absolute atomic E-state index is 6.04. The molecular weight excluding hydrogens is 384 g/mol. The Morgan fingerprint density at radius 2 is 1.84 bits per heavy atom. The average molecular weight is 413 g/mol. The Morgan fingerprint density at radius 3 is 2.68 bits per heavy atom. The third-order valence-corrected chi connectivity index (χ3v) is 6.05. The molecule has 3 aromatic carbocycles. The highest BCUT2D eigenvalue weighted by atomic mass is 16.5. The molecule has 0 amide bonds. The molecule has 0 radical (unpaired) electrons. The molecule has 2 heterocycles. The number of aromatic nitrogens is 2. The number of ether oxygens (including phenoxy) is 1. The smallest absolute Gasteiger partial charge is 0.100 e. The van der Waals surface area contributed by atoms with E-state index < -0.39 is 0 Å². The van der Waals surface area contributed by atoms with Crippen molar-refractivity contribution in [2.24, 2.45) is 5.73 Å². The van der Waals surface area contributed by atoms with Gasteiger partial charge in [0.15, 0.2) is 0 Å². The average Bonchev–Trinajstić information content (AvgIpc) is 3.23. The van der Waals surface area contributed by atoms with E-state index in [2.05, 4.69) is 81.2 Å². The Bertz CT molecular complexity index is 1190. The fourth-order valence-electron chi connectivity index (χ4n) is 4.28. The van der Waals surface area contributed by atoms with Gasteiger partial charge < -0.3 is 10.5 Å². The number of rotatable bonds is 5. The van der Waals surface area contributed by atoms with Crippen molar-refractivity contribution in [3.8, 4) is 16.8 Å². The van der Waals surface area contributed by atoms with Crippen LogP contribution in [-0.4, -0.2) is 40.8 Å². The molecule has 1 aliphatic rings. The summed E-state index contributed by atoms with van der Waals surface area (Å²) in [4.78, 5) is 7.09. The highest BCUT2D eigenvalue weighted by Crippen LogP contribution is 2.28. The Kier molecular flexibility index (Phi) is 5.55. The minimum absolute atomic E-state index is 0.000783. The van der Waals surface area contributed by atoms with Crippen LogP contribution in [0.2, 0.25) is 0 Å². The Morgan fingerprint density at radius 1 is 1.00 bits per heavy atom. The van der Waals surface area contributed by atoms with Crippen molar-refractivity contribution in [2.45, 2.75) is 19.5 Å². The van der Waals surface area contributed by atoms with Crippen molar-refractivity contribution >= 4 is 11.0 Å². The van der Waals surface area contributed by atoms with Gasteiger partial charge in [0.1, 0.15) is 6.33 Å². The van der Waals surface area contributed by atoms with Gasteiger partial charge in [-0.15, -0.1) is 0 Å². The van der Waals surface area contributed by atoms with Gasteiger partial charge in [-0.25, -0.2) is 4.98 Å². The van der Waals surface area contributed by atoms with Gasteiger partial charge in [-0.2, -0.15) is 0 Å². The number of morpholine rings is 1. The van der Waals surface area contributed by atoms with Crippen LogP contribution in [0, 0.1) is 0 Å². The fraction of sp³-hybridized carbons (Fsp3) is 0.269. The van der Waals surface area contributed by atoms with E-state index in [1.807, 2.05) is 13.3 Å². The normalized spacial score (nSPS) is 15.9. The zero-order valence-corrected chi connectivity index (χ0v) is 17.9. The monoisotopic (exact) mass is 412 g/mol. The van der Waals surface area contributed by atoms with Crippen LogP contribution < -0.4 is 5.73 Å². The first kappa shape index (κ1) is 19.9. The van der Waals surface area contributed by atoms with Crippen molar-refractivity contribution in [1.82, 2.24) is 14.5 Å². The van der Waals surface area contributed by atoms with E-state index in [1.165, 1.54) is 16.7 Å². The first-order chi connectivity index (χ1) is 15.2. The van der Waals surface area contributed by atoms with Crippen molar-refractivity contribution in [3.05, 3.63) is 84.2 Å². The second-order valence-electron chi connectivity index (χ2n) is 8.25. The zero-order valence-electron chi connectivity index (χ0n) is 17.9. The molecule has 4 aromatic rings. The van der Waals surface area contributed by atoms with Crippen LogP contribution in [0.3, 0.4) is 0 Å². The molecule has 2 N–H and O–H groups in total. The van der Waals surface area contributed by atoms with E-state index in [4.69, 9.17) is 10.5 Å². The summed E-state index contributed by atoms with van der Waals surface area (Å²) in [5.41, 5.74) is 14.1. The minimum atomic E-state index is 0.000783. The largest absolute Gasteiger partial charge is 0.379 e. The second-order valence-corrected chi connectivity index (χ2v) is 8.25. The van der Waals surface area contributed by atoms with Gasteiger partial charge in [-0.3, -0.25) is 9.47 Å². The van der Waals surface area contributed by atoms with Crippen molar-refractivity contribution in [1.29, 1.82) is 0 Å². The zero-order chi connectivity index (χ0) is 21.2. The molecule has 1 aromatic heterocycles. The van der Waals surface area contributed by atoms with Crippen molar-refractivity contribution in [2.75, 3.05) is 26.3 Å². The first-order valence-corrected chi connectivity index (χ1v) is 10.9. The number of benzene rings is 3. The van der Waals surface area contributed by atoms with Gasteiger partial charge in [0.05, 0.1) is 24.2 Å². The summed E-state index contributed by atoms with van der Waals surface area (Å²) < 4.78 is 7.65. The number of hydrogen-bond donors (Lipinski definition) is 1. The van der Waals surface area contributed by atoms with Gasteiger partial charge in [0, 0.05) is 31.4 Å². The lowest BCUT2D eigenvalue weighted by atomic mass is 9.98. The van der Waals surface area contributed by atoms with Gasteiger partial charge in [0.2, 0.25) is 0 Å². The molecular formula is C26H28N4O. The standard InChI is InChI=1S/C26H28N4O/c1-19(27)20-9-10-26-25(16-20)28-18-30(26)23-7-4-6-21(15-23)24-8-3-2-5-22(24)17-29-11-13-31-14-12-29/h2-10,15-16,18-19H,11-14,17,27H2,1H3. The summed E-state index contributed by atoms with van der Waals surface area (Å²) in [5, 5.41) is 0. The van der Waals surface area contributed by atoms with Crippen LogP contribution in [0.4, 0.5) is 0 Å². The van der Waals surface area contributed by atoms with Crippen molar-refractivity contribution < 1.29 is 4.74 Å². The third-order valence-electron chi connectivity index (χ3n) is 6.05. The minimum Gasteiger partial charge on any atom is -0.379 e. The van der Waals surface area contributed by atoms with Gasteiger partial charge in [-0.05, 0) is 53.4 Å². The van der Waals surface area contributed by atoms with E-state index in [0.717, 1.165) is 55.1 Å². The predicted octanol–water partition coefficient (Wildman–Crippen LogP) is 4.54. The Labute approximate surface area is 183 Å². The second kappa shape index (κ2) is 8.63. The highest BCUT2D eigenvalue weighted by molar-refractivity contribution is 5.79. The lowest BCUT2D eigenvalue weighted by Crippen LogP contribution is -2.35. The molecule has 1 unspecified atom stereocenters. The summed E-state index contributed by atoms with van der Waals surface area (Å²) in [6.07, 6.45) is 1.90. The molecule has 0 aliphatic carbocycles. The number of imidazole rings is 1. The maximum Gasteiger partial charge on any atom is 0.100 e. The van der Waals surface area contributed by atoms with Crippen LogP contribution in [0.1, 0.15) is 24.1 Å². The summed E-state index contributed by atoms with van der Waals surface area (Å²) in [6, 6.07) is 23.7. The molecule has 5 nitrogen and oxygen atoms in total. The molecule has 5 heteroatoms. The molecule has 0 saturated carbocycles.